The van der Waals surface area contributed by atoms with Crippen molar-refractivity contribution in [2.75, 3.05) is 40.6 Å². The molecule has 142 valence electrons. The Balaban J connectivity index is 1.95. The predicted octanol–water partition coefficient (Wildman–Crippen LogP) is 3.17. The molecule has 5 nitrogen and oxygen atoms in total. The number of halogens is 1. The number of benzene rings is 2. The van der Waals surface area contributed by atoms with Gasteiger partial charge < -0.3 is 24.3 Å². The van der Waals surface area contributed by atoms with Crippen LogP contribution in [0.25, 0.3) is 0 Å². The van der Waals surface area contributed by atoms with E-state index in [0.29, 0.717) is 39.5 Å². The molecule has 26 heavy (non-hydrogen) atoms. The van der Waals surface area contributed by atoms with Crippen molar-refractivity contribution in [1.82, 2.24) is 5.32 Å². The van der Waals surface area contributed by atoms with E-state index in [1.54, 1.807) is 26.4 Å². The van der Waals surface area contributed by atoms with E-state index in [0.717, 1.165) is 22.6 Å². The van der Waals surface area contributed by atoms with E-state index < -0.39 is 0 Å². The Morgan fingerprint density at radius 3 is 2.19 bits per heavy atom. The number of hydrogen-bond donors (Lipinski definition) is 1. The van der Waals surface area contributed by atoms with Crippen molar-refractivity contribution in [2.45, 2.75) is 13.1 Å². The van der Waals surface area contributed by atoms with Gasteiger partial charge in [0.2, 0.25) is 0 Å². The van der Waals surface area contributed by atoms with Gasteiger partial charge in [-0.1, -0.05) is 18.2 Å². The zero-order chi connectivity index (χ0) is 18.6. The molecular formula is C20H26FNO4. The molecule has 0 atom stereocenters. The van der Waals surface area contributed by atoms with Gasteiger partial charge in [-0.2, -0.15) is 0 Å². The first-order valence-electron chi connectivity index (χ1n) is 8.54. The van der Waals surface area contributed by atoms with Crippen LogP contribution in [0.15, 0.2) is 42.5 Å². The van der Waals surface area contributed by atoms with Crippen LogP contribution in [0.4, 0.5) is 4.39 Å². The van der Waals surface area contributed by atoms with Gasteiger partial charge in [0.1, 0.15) is 30.5 Å². The van der Waals surface area contributed by atoms with Crippen molar-refractivity contribution in [1.29, 1.82) is 0 Å². The number of methoxy groups -OCH3 is 2. The summed E-state index contributed by atoms with van der Waals surface area (Å²) in [6, 6.07) is 12.2. The third kappa shape index (κ3) is 7.00. The molecule has 0 spiro atoms. The van der Waals surface area contributed by atoms with Crippen molar-refractivity contribution in [3.8, 4) is 11.5 Å². The van der Waals surface area contributed by atoms with Crippen LogP contribution >= 0.6 is 0 Å². The second kappa shape index (κ2) is 11.5. The summed E-state index contributed by atoms with van der Waals surface area (Å²) < 4.78 is 34.5. The monoisotopic (exact) mass is 363 g/mol. The smallest absolute Gasteiger partial charge is 0.127 e. The zero-order valence-corrected chi connectivity index (χ0v) is 15.3. The minimum Gasteiger partial charge on any atom is -0.491 e. The molecule has 0 bridgehead atoms. The maximum Gasteiger partial charge on any atom is 0.127 e. The largest absolute Gasteiger partial charge is 0.491 e. The fraction of sp³-hybridized carbons (Fsp3) is 0.400. The molecule has 0 aromatic heterocycles. The van der Waals surface area contributed by atoms with Crippen LogP contribution in [0.3, 0.4) is 0 Å². The normalized spacial score (nSPS) is 10.7. The number of rotatable bonds is 12. The van der Waals surface area contributed by atoms with E-state index in [1.165, 1.54) is 12.1 Å². The van der Waals surface area contributed by atoms with Gasteiger partial charge in [-0.25, -0.2) is 4.39 Å². The highest BCUT2D eigenvalue weighted by atomic mass is 19.1. The number of hydrogen-bond acceptors (Lipinski definition) is 5. The fourth-order valence-corrected chi connectivity index (χ4v) is 2.33. The maximum absolute atomic E-state index is 13.0. The summed E-state index contributed by atoms with van der Waals surface area (Å²) in [5.74, 6) is 1.26. The quantitative estimate of drug-likeness (QED) is 0.587. The molecule has 0 heterocycles. The molecule has 2 aromatic carbocycles. The summed E-state index contributed by atoms with van der Waals surface area (Å²) >= 11 is 0. The summed E-state index contributed by atoms with van der Waals surface area (Å²) in [6.45, 7) is 3.25. The Morgan fingerprint density at radius 1 is 0.808 bits per heavy atom. The van der Waals surface area contributed by atoms with Crippen molar-refractivity contribution in [3.63, 3.8) is 0 Å². The van der Waals surface area contributed by atoms with E-state index in [-0.39, 0.29) is 5.82 Å². The van der Waals surface area contributed by atoms with Gasteiger partial charge >= 0.3 is 0 Å². The SMILES string of the molecule is COCCOc1ccc(CNCc2ccc(F)cc2)c(OCCOC)c1. The topological polar surface area (TPSA) is 49.0 Å². The zero-order valence-electron chi connectivity index (χ0n) is 15.3. The van der Waals surface area contributed by atoms with Gasteiger partial charge in [0.25, 0.3) is 0 Å². The minimum atomic E-state index is -0.230. The van der Waals surface area contributed by atoms with E-state index in [2.05, 4.69) is 5.32 Å². The van der Waals surface area contributed by atoms with Gasteiger partial charge in [0.15, 0.2) is 0 Å². The molecule has 0 aliphatic carbocycles. The molecule has 2 aromatic rings. The molecule has 0 aliphatic heterocycles. The molecular weight excluding hydrogens is 337 g/mol. The standard InChI is InChI=1S/C20H26FNO4/c1-23-9-11-25-19-8-5-17(20(13-19)26-12-10-24-2)15-22-14-16-3-6-18(21)7-4-16/h3-8,13,22H,9-12,14-15H2,1-2H3. The highest BCUT2D eigenvalue weighted by Gasteiger charge is 2.07. The predicted molar refractivity (Wildman–Crippen MR) is 98.1 cm³/mol. The van der Waals surface area contributed by atoms with Crippen LogP contribution in [-0.4, -0.2) is 40.6 Å². The summed E-state index contributed by atoms with van der Waals surface area (Å²) in [7, 11) is 3.28. The lowest BCUT2D eigenvalue weighted by atomic mass is 10.1. The van der Waals surface area contributed by atoms with Gasteiger partial charge in [-0.3, -0.25) is 0 Å². The molecule has 0 fully saturated rings. The van der Waals surface area contributed by atoms with Crippen molar-refractivity contribution in [3.05, 3.63) is 59.4 Å². The van der Waals surface area contributed by atoms with Gasteiger partial charge in [0, 0.05) is 38.9 Å². The van der Waals surface area contributed by atoms with Crippen LogP contribution in [-0.2, 0) is 22.6 Å². The summed E-state index contributed by atoms with van der Waals surface area (Å²) in [5.41, 5.74) is 2.04. The van der Waals surface area contributed by atoms with Crippen LogP contribution in [0.5, 0.6) is 11.5 Å². The van der Waals surface area contributed by atoms with Gasteiger partial charge in [-0.15, -0.1) is 0 Å². The molecule has 0 unspecified atom stereocenters. The highest BCUT2D eigenvalue weighted by Crippen LogP contribution is 2.25. The third-order valence-corrected chi connectivity index (χ3v) is 3.70. The Morgan fingerprint density at radius 2 is 1.50 bits per heavy atom. The third-order valence-electron chi connectivity index (χ3n) is 3.70. The Kier molecular flexibility index (Phi) is 8.89. The number of ether oxygens (including phenoxy) is 4. The molecule has 0 aliphatic rings. The molecule has 6 heteroatoms. The first-order valence-corrected chi connectivity index (χ1v) is 8.54. The van der Waals surface area contributed by atoms with E-state index in [9.17, 15) is 4.39 Å². The fourth-order valence-electron chi connectivity index (χ4n) is 2.33. The Labute approximate surface area is 154 Å². The van der Waals surface area contributed by atoms with Crippen molar-refractivity contribution < 1.29 is 23.3 Å². The van der Waals surface area contributed by atoms with Gasteiger partial charge in [-0.05, 0) is 23.8 Å². The average molecular weight is 363 g/mol. The lowest BCUT2D eigenvalue weighted by Gasteiger charge is -2.14. The van der Waals surface area contributed by atoms with E-state index >= 15 is 0 Å². The first-order chi connectivity index (χ1) is 12.7. The second-order valence-corrected chi connectivity index (χ2v) is 5.68. The summed E-state index contributed by atoms with van der Waals surface area (Å²) in [5, 5.41) is 3.35. The lowest BCUT2D eigenvalue weighted by Crippen LogP contribution is -2.14. The van der Waals surface area contributed by atoms with Crippen LogP contribution in [0.1, 0.15) is 11.1 Å². The molecule has 0 saturated heterocycles. The van der Waals surface area contributed by atoms with E-state index in [1.807, 2.05) is 18.2 Å². The van der Waals surface area contributed by atoms with Crippen LogP contribution in [0, 0.1) is 5.82 Å². The molecule has 2 rings (SSSR count). The Hall–Kier alpha value is -2.15. The summed E-state index contributed by atoms with van der Waals surface area (Å²) in [4.78, 5) is 0. The van der Waals surface area contributed by atoms with Crippen LogP contribution in [0.2, 0.25) is 0 Å². The Bertz CT molecular complexity index is 649. The van der Waals surface area contributed by atoms with Crippen molar-refractivity contribution in [2.24, 2.45) is 0 Å². The van der Waals surface area contributed by atoms with Gasteiger partial charge in [0.05, 0.1) is 13.2 Å². The molecule has 0 radical (unpaired) electrons. The molecule has 1 N–H and O–H groups in total. The highest BCUT2D eigenvalue weighted by molar-refractivity contribution is 5.40. The molecule has 0 amide bonds. The first kappa shape index (κ1) is 20.2. The summed E-state index contributed by atoms with van der Waals surface area (Å²) in [6.07, 6.45) is 0. The lowest BCUT2D eigenvalue weighted by molar-refractivity contribution is 0.142. The average Bonchev–Trinajstić information content (AvgIpc) is 2.65. The minimum absolute atomic E-state index is 0.230. The van der Waals surface area contributed by atoms with Crippen molar-refractivity contribution >= 4 is 0 Å². The molecule has 0 saturated carbocycles. The maximum atomic E-state index is 13.0. The second-order valence-electron chi connectivity index (χ2n) is 5.68. The van der Waals surface area contributed by atoms with Crippen LogP contribution < -0.4 is 14.8 Å². The van der Waals surface area contributed by atoms with E-state index in [4.69, 9.17) is 18.9 Å². The number of nitrogens with one attached hydrogen (secondary N) is 1.